The van der Waals surface area contributed by atoms with Gasteiger partial charge < -0.3 is 15.2 Å². The summed E-state index contributed by atoms with van der Waals surface area (Å²) in [5.41, 5.74) is 10.5. The van der Waals surface area contributed by atoms with Gasteiger partial charge in [0, 0.05) is 15.7 Å². The lowest BCUT2D eigenvalue weighted by molar-refractivity contribution is -0.136. The molecule has 0 unspecified atom stereocenters. The van der Waals surface area contributed by atoms with E-state index in [9.17, 15) is 10.1 Å². The predicted molar refractivity (Wildman–Crippen MR) is 122 cm³/mol. The Balaban J connectivity index is 2.06. The van der Waals surface area contributed by atoms with Gasteiger partial charge in [-0.05, 0) is 67.3 Å². The van der Waals surface area contributed by atoms with Crippen LogP contribution in [0.15, 0.2) is 64.1 Å². The van der Waals surface area contributed by atoms with Crippen LogP contribution >= 0.6 is 23.4 Å². The summed E-state index contributed by atoms with van der Waals surface area (Å²) in [4.78, 5) is 13.7. The van der Waals surface area contributed by atoms with Gasteiger partial charge in [-0.15, -0.1) is 11.8 Å². The summed E-state index contributed by atoms with van der Waals surface area (Å²) in [6.07, 6.45) is 0. The number of methoxy groups -OCH3 is 1. The summed E-state index contributed by atoms with van der Waals surface area (Å²) in [5, 5.41) is 10.5. The molecule has 1 aliphatic rings. The van der Waals surface area contributed by atoms with Crippen molar-refractivity contribution in [2.75, 3.05) is 7.11 Å². The molecule has 0 radical (unpaired) electrons. The minimum atomic E-state index is -0.647. The Hall–Kier alpha value is -2.88. The zero-order valence-corrected chi connectivity index (χ0v) is 19.4. The van der Waals surface area contributed by atoms with Gasteiger partial charge in [0.15, 0.2) is 0 Å². The second-order valence-corrected chi connectivity index (χ2v) is 8.75. The first-order valence-corrected chi connectivity index (χ1v) is 11.0. The van der Waals surface area contributed by atoms with Gasteiger partial charge in [0.2, 0.25) is 5.88 Å². The number of hydrogen-bond acceptors (Lipinski definition) is 6. The number of allylic oxidation sites excluding steroid dienone is 2. The summed E-state index contributed by atoms with van der Waals surface area (Å²) >= 11 is 7.67. The van der Waals surface area contributed by atoms with Crippen LogP contribution < -0.4 is 5.73 Å². The lowest BCUT2D eigenvalue weighted by Gasteiger charge is -2.28. The van der Waals surface area contributed by atoms with Crippen LogP contribution in [-0.4, -0.2) is 13.1 Å². The topological polar surface area (TPSA) is 85.3 Å². The number of carbonyl (C=O) groups excluding carboxylic acids is 1. The largest absolute Gasteiger partial charge is 0.466 e. The van der Waals surface area contributed by atoms with E-state index in [0.717, 1.165) is 32.9 Å². The predicted octanol–water partition coefficient (Wildman–Crippen LogP) is 5.50. The highest BCUT2D eigenvalue weighted by Crippen LogP contribution is 2.42. The van der Waals surface area contributed by atoms with Crippen LogP contribution in [0.1, 0.15) is 35.1 Å². The van der Waals surface area contributed by atoms with Crippen LogP contribution in [0, 0.1) is 25.2 Å². The van der Waals surface area contributed by atoms with E-state index < -0.39 is 11.9 Å². The van der Waals surface area contributed by atoms with E-state index in [1.54, 1.807) is 18.7 Å². The van der Waals surface area contributed by atoms with Crippen molar-refractivity contribution in [3.05, 3.63) is 86.5 Å². The third-order valence-electron chi connectivity index (χ3n) is 5.25. The van der Waals surface area contributed by atoms with E-state index in [2.05, 4.69) is 19.1 Å². The lowest BCUT2D eigenvalue weighted by atomic mass is 9.80. The number of thioether (sulfide) groups is 1. The van der Waals surface area contributed by atoms with Gasteiger partial charge in [-0.1, -0.05) is 23.7 Å². The fourth-order valence-corrected chi connectivity index (χ4v) is 4.73. The number of halogens is 1. The fraction of sp³-hybridized carbons (Fsp3) is 0.250. The Bertz CT molecular complexity index is 1130. The molecule has 1 heterocycles. The van der Waals surface area contributed by atoms with Crippen molar-refractivity contribution >= 4 is 29.3 Å². The third kappa shape index (κ3) is 4.73. The average Bonchev–Trinajstić information content (AvgIpc) is 2.73. The highest BCUT2D eigenvalue weighted by Gasteiger charge is 2.37. The number of aryl methyl sites for hydroxylation is 2. The van der Waals surface area contributed by atoms with Gasteiger partial charge in [0.05, 0.1) is 18.6 Å². The molecule has 0 amide bonds. The first-order valence-electron chi connectivity index (χ1n) is 9.61. The third-order valence-corrected chi connectivity index (χ3v) is 6.57. The minimum Gasteiger partial charge on any atom is -0.466 e. The van der Waals surface area contributed by atoms with Crippen molar-refractivity contribution in [1.82, 2.24) is 0 Å². The molecule has 0 bridgehead atoms. The molecular formula is C24H23ClN2O3S. The number of esters is 1. The standard InChI is InChI=1S/C24H23ClN2O3S/c1-13-9-14(2)19(10-16(13)12-31-18-7-5-17(25)6-8-18)22-20(11-26)23(27)30-15(3)21(22)24(28)29-4/h5-10,22H,12,27H2,1-4H3/t22-/m1/s1. The summed E-state index contributed by atoms with van der Waals surface area (Å²) < 4.78 is 10.5. The fourth-order valence-electron chi connectivity index (χ4n) is 3.64. The first kappa shape index (κ1) is 22.8. The second-order valence-electron chi connectivity index (χ2n) is 7.26. The molecule has 0 aliphatic carbocycles. The average molecular weight is 455 g/mol. The van der Waals surface area contributed by atoms with E-state index in [-0.39, 0.29) is 17.0 Å². The molecule has 0 saturated carbocycles. The normalized spacial score (nSPS) is 16.1. The zero-order chi connectivity index (χ0) is 22.7. The van der Waals surface area contributed by atoms with Crippen molar-refractivity contribution in [2.24, 2.45) is 5.73 Å². The van der Waals surface area contributed by atoms with Crippen molar-refractivity contribution in [3.63, 3.8) is 0 Å². The number of rotatable bonds is 5. The number of nitriles is 1. The maximum Gasteiger partial charge on any atom is 0.338 e. The molecule has 0 spiro atoms. The summed E-state index contributed by atoms with van der Waals surface area (Å²) in [7, 11) is 1.31. The van der Waals surface area contributed by atoms with E-state index in [0.29, 0.717) is 10.8 Å². The van der Waals surface area contributed by atoms with Crippen molar-refractivity contribution in [3.8, 4) is 6.07 Å². The molecule has 1 atom stereocenters. The molecule has 3 rings (SSSR count). The van der Waals surface area contributed by atoms with Gasteiger partial charge in [0.25, 0.3) is 0 Å². The summed E-state index contributed by atoms with van der Waals surface area (Å²) in [6.45, 7) is 5.67. The first-order chi connectivity index (χ1) is 14.8. The molecule has 31 heavy (non-hydrogen) atoms. The monoisotopic (exact) mass is 454 g/mol. The minimum absolute atomic E-state index is 0.00900. The molecular weight excluding hydrogens is 432 g/mol. The highest BCUT2D eigenvalue weighted by atomic mass is 35.5. The van der Waals surface area contributed by atoms with Crippen LogP contribution in [0.4, 0.5) is 0 Å². The zero-order valence-electron chi connectivity index (χ0n) is 17.8. The van der Waals surface area contributed by atoms with E-state index >= 15 is 0 Å². The van der Waals surface area contributed by atoms with Gasteiger partial charge >= 0.3 is 5.97 Å². The quantitative estimate of drug-likeness (QED) is 0.474. The number of benzene rings is 2. The van der Waals surface area contributed by atoms with Crippen LogP contribution in [-0.2, 0) is 20.0 Å². The number of nitrogens with zero attached hydrogens (tertiary/aromatic N) is 1. The molecule has 0 fully saturated rings. The van der Waals surface area contributed by atoms with E-state index in [1.807, 2.05) is 37.3 Å². The molecule has 7 heteroatoms. The number of ether oxygens (including phenoxy) is 2. The molecule has 2 aromatic carbocycles. The van der Waals surface area contributed by atoms with Crippen LogP contribution in [0.3, 0.4) is 0 Å². The second kappa shape index (κ2) is 9.51. The van der Waals surface area contributed by atoms with Gasteiger partial charge in [0.1, 0.15) is 17.4 Å². The van der Waals surface area contributed by atoms with Crippen molar-refractivity contribution in [2.45, 2.75) is 37.3 Å². The molecule has 2 aromatic rings. The van der Waals surface area contributed by atoms with Gasteiger partial charge in [-0.25, -0.2) is 4.79 Å². The van der Waals surface area contributed by atoms with Crippen LogP contribution in [0.2, 0.25) is 5.02 Å². The Morgan fingerprint density at radius 3 is 2.52 bits per heavy atom. The molecule has 1 aliphatic heterocycles. The molecule has 2 N–H and O–H groups in total. The van der Waals surface area contributed by atoms with E-state index in [1.165, 1.54) is 7.11 Å². The maximum atomic E-state index is 12.6. The molecule has 0 aromatic heterocycles. The van der Waals surface area contributed by atoms with Crippen LogP contribution in [0.5, 0.6) is 0 Å². The molecule has 160 valence electrons. The van der Waals surface area contributed by atoms with Crippen molar-refractivity contribution < 1.29 is 14.3 Å². The Morgan fingerprint density at radius 1 is 1.23 bits per heavy atom. The summed E-state index contributed by atoms with van der Waals surface area (Å²) in [5.74, 6) is -0.118. The number of nitrogens with two attached hydrogens (primary N) is 1. The molecule has 5 nitrogen and oxygen atoms in total. The van der Waals surface area contributed by atoms with E-state index in [4.69, 9.17) is 26.8 Å². The Morgan fingerprint density at radius 2 is 1.90 bits per heavy atom. The summed E-state index contributed by atoms with van der Waals surface area (Å²) in [6, 6.07) is 13.9. The molecule has 0 saturated heterocycles. The smallest absolute Gasteiger partial charge is 0.338 e. The Labute approximate surface area is 191 Å². The highest BCUT2D eigenvalue weighted by molar-refractivity contribution is 7.98. The van der Waals surface area contributed by atoms with Crippen LogP contribution in [0.25, 0.3) is 0 Å². The number of carbonyl (C=O) groups is 1. The van der Waals surface area contributed by atoms with Crippen molar-refractivity contribution in [1.29, 1.82) is 5.26 Å². The lowest BCUT2D eigenvalue weighted by Crippen LogP contribution is -2.25. The van der Waals surface area contributed by atoms with Gasteiger partial charge in [-0.2, -0.15) is 5.26 Å². The maximum absolute atomic E-state index is 12.6. The SMILES string of the molecule is COC(=O)C1=C(C)OC(N)=C(C#N)[C@H]1c1cc(CSc2ccc(Cl)cc2)c(C)cc1C. The Kier molecular flexibility index (Phi) is 6.99. The van der Waals surface area contributed by atoms with Gasteiger partial charge in [-0.3, -0.25) is 0 Å². The number of hydrogen-bond donors (Lipinski definition) is 1.